The Balaban J connectivity index is 2.35. The van der Waals surface area contributed by atoms with Gasteiger partial charge in [-0.1, -0.05) is 6.92 Å². The second-order valence-corrected chi connectivity index (χ2v) is 3.97. The second-order valence-electron chi connectivity index (χ2n) is 3.97. The molecule has 0 spiro atoms. The van der Waals surface area contributed by atoms with E-state index in [4.69, 9.17) is 5.84 Å². The molecule has 2 aromatic rings. The van der Waals surface area contributed by atoms with E-state index >= 15 is 0 Å². The van der Waals surface area contributed by atoms with Gasteiger partial charge >= 0.3 is 0 Å². The first kappa shape index (κ1) is 11.8. The van der Waals surface area contributed by atoms with Gasteiger partial charge in [-0.2, -0.15) is 0 Å². The molecule has 2 aromatic heterocycles. The largest absolute Gasteiger partial charge is 0.336 e. The fourth-order valence-corrected chi connectivity index (χ4v) is 1.93. The number of nitrogens with one attached hydrogen (secondary N) is 1. The van der Waals surface area contributed by atoms with E-state index in [-0.39, 0.29) is 6.04 Å². The summed E-state index contributed by atoms with van der Waals surface area (Å²) in [6.07, 6.45) is 8.46. The maximum Gasteiger partial charge on any atom is 0.137 e. The average Bonchev–Trinajstić information content (AvgIpc) is 2.92. The van der Waals surface area contributed by atoms with E-state index in [1.807, 2.05) is 24.0 Å². The minimum Gasteiger partial charge on any atom is -0.336 e. The van der Waals surface area contributed by atoms with Gasteiger partial charge in [-0.05, 0) is 6.42 Å². The van der Waals surface area contributed by atoms with E-state index in [1.54, 1.807) is 12.4 Å². The third kappa shape index (κ3) is 2.22. The number of nitrogens with two attached hydrogens (primary N) is 1. The van der Waals surface area contributed by atoms with Gasteiger partial charge in [0.1, 0.15) is 17.7 Å². The molecule has 1 unspecified atom stereocenters. The van der Waals surface area contributed by atoms with E-state index in [1.165, 1.54) is 0 Å². The number of aryl methyl sites for hydroxylation is 2. The van der Waals surface area contributed by atoms with Gasteiger partial charge < -0.3 is 9.13 Å². The molecule has 0 amide bonds. The highest BCUT2D eigenvalue weighted by Gasteiger charge is 2.21. The Kier molecular flexibility index (Phi) is 3.55. The first-order valence-electron chi connectivity index (χ1n) is 5.72. The molecule has 0 fully saturated rings. The van der Waals surface area contributed by atoms with Gasteiger partial charge in [0.2, 0.25) is 0 Å². The van der Waals surface area contributed by atoms with Crippen molar-refractivity contribution in [2.75, 3.05) is 0 Å². The fourth-order valence-electron chi connectivity index (χ4n) is 1.93. The first-order valence-corrected chi connectivity index (χ1v) is 5.72. The Hall–Kier alpha value is -1.66. The van der Waals surface area contributed by atoms with E-state index in [0.717, 1.165) is 24.6 Å². The number of imidazole rings is 2. The molecule has 92 valence electrons. The zero-order chi connectivity index (χ0) is 12.3. The molecule has 17 heavy (non-hydrogen) atoms. The predicted octanol–water partition coefficient (Wildman–Crippen LogP) is 0.579. The average molecular weight is 234 g/mol. The summed E-state index contributed by atoms with van der Waals surface area (Å²) in [6, 6.07) is -0.184. The molecule has 3 N–H and O–H groups in total. The van der Waals surface area contributed by atoms with Gasteiger partial charge in [0.15, 0.2) is 0 Å². The van der Waals surface area contributed by atoms with Crippen LogP contribution in [0.1, 0.15) is 31.0 Å². The maximum atomic E-state index is 5.63. The highest BCUT2D eigenvalue weighted by Crippen LogP contribution is 2.18. The van der Waals surface area contributed by atoms with Crippen molar-refractivity contribution in [3.05, 3.63) is 36.4 Å². The molecule has 0 bridgehead atoms. The lowest BCUT2D eigenvalue weighted by atomic mass is 10.2. The molecule has 2 rings (SSSR count). The standard InChI is InChI=1S/C11H18N6/c1-3-6-17-8-5-14-11(17)9(15-12)10-13-4-7-16(10)2/h4-5,7-9,15H,3,6,12H2,1-2H3. The molecule has 1 atom stereocenters. The van der Waals surface area contributed by atoms with Crippen molar-refractivity contribution in [3.8, 4) is 0 Å². The van der Waals surface area contributed by atoms with Crippen molar-refractivity contribution in [3.63, 3.8) is 0 Å². The summed E-state index contributed by atoms with van der Waals surface area (Å²) in [4.78, 5) is 8.68. The summed E-state index contributed by atoms with van der Waals surface area (Å²) >= 11 is 0. The van der Waals surface area contributed by atoms with Crippen LogP contribution in [0.3, 0.4) is 0 Å². The van der Waals surface area contributed by atoms with Crippen molar-refractivity contribution in [1.29, 1.82) is 0 Å². The Morgan fingerprint density at radius 3 is 2.59 bits per heavy atom. The van der Waals surface area contributed by atoms with Crippen LogP contribution < -0.4 is 11.3 Å². The normalized spacial score (nSPS) is 12.9. The number of rotatable bonds is 5. The summed E-state index contributed by atoms with van der Waals surface area (Å²) < 4.78 is 4.04. The molecule has 0 saturated carbocycles. The van der Waals surface area contributed by atoms with Crippen LogP contribution in [0.5, 0.6) is 0 Å². The van der Waals surface area contributed by atoms with Crippen molar-refractivity contribution < 1.29 is 0 Å². The zero-order valence-corrected chi connectivity index (χ0v) is 10.2. The van der Waals surface area contributed by atoms with Gasteiger partial charge in [0.25, 0.3) is 0 Å². The summed E-state index contributed by atoms with van der Waals surface area (Å²) in [7, 11) is 1.94. The highest BCUT2D eigenvalue weighted by atomic mass is 15.3. The zero-order valence-electron chi connectivity index (χ0n) is 10.2. The molecule has 0 radical (unpaired) electrons. The van der Waals surface area contributed by atoms with E-state index in [0.29, 0.717) is 0 Å². The molecular weight excluding hydrogens is 216 g/mol. The molecule has 0 aromatic carbocycles. The maximum absolute atomic E-state index is 5.63. The molecule has 0 aliphatic rings. The molecule has 2 heterocycles. The van der Waals surface area contributed by atoms with Crippen molar-refractivity contribution >= 4 is 0 Å². The quantitative estimate of drug-likeness (QED) is 0.586. The topological polar surface area (TPSA) is 73.7 Å². The smallest absolute Gasteiger partial charge is 0.137 e. The molecule has 0 saturated heterocycles. The minimum absolute atomic E-state index is 0.184. The van der Waals surface area contributed by atoms with Gasteiger partial charge in [0, 0.05) is 38.4 Å². The van der Waals surface area contributed by atoms with Crippen LogP contribution in [0.4, 0.5) is 0 Å². The summed E-state index contributed by atoms with van der Waals surface area (Å²) in [5, 5.41) is 0. The number of hydrogen-bond acceptors (Lipinski definition) is 4. The second kappa shape index (κ2) is 5.11. The lowest BCUT2D eigenvalue weighted by Crippen LogP contribution is -2.33. The molecule has 6 heteroatoms. The minimum atomic E-state index is -0.184. The lowest BCUT2D eigenvalue weighted by Gasteiger charge is -2.16. The number of aromatic nitrogens is 4. The van der Waals surface area contributed by atoms with Gasteiger partial charge in [-0.3, -0.25) is 5.84 Å². The Bertz CT molecular complexity index is 472. The van der Waals surface area contributed by atoms with E-state index < -0.39 is 0 Å². The van der Waals surface area contributed by atoms with Gasteiger partial charge in [-0.15, -0.1) is 0 Å². The Labute approximate surface area is 100 Å². The van der Waals surface area contributed by atoms with Crippen molar-refractivity contribution in [2.24, 2.45) is 12.9 Å². The van der Waals surface area contributed by atoms with Gasteiger partial charge in [-0.25, -0.2) is 15.4 Å². The van der Waals surface area contributed by atoms with Crippen LogP contribution in [0, 0.1) is 0 Å². The fraction of sp³-hybridized carbons (Fsp3) is 0.455. The lowest BCUT2D eigenvalue weighted by molar-refractivity contribution is 0.514. The summed E-state index contributed by atoms with van der Waals surface area (Å²) in [5.41, 5.74) is 2.78. The van der Waals surface area contributed by atoms with E-state index in [2.05, 4.69) is 26.9 Å². The Morgan fingerprint density at radius 2 is 2.00 bits per heavy atom. The summed E-state index contributed by atoms with van der Waals surface area (Å²) in [5.74, 6) is 7.38. The first-order chi connectivity index (χ1) is 8.27. The van der Waals surface area contributed by atoms with Crippen molar-refractivity contribution in [2.45, 2.75) is 25.9 Å². The van der Waals surface area contributed by atoms with Crippen LogP contribution in [0.2, 0.25) is 0 Å². The monoisotopic (exact) mass is 234 g/mol. The third-order valence-electron chi connectivity index (χ3n) is 2.75. The predicted molar refractivity (Wildman–Crippen MR) is 64.9 cm³/mol. The molecular formula is C11H18N6. The number of hydrogen-bond donors (Lipinski definition) is 2. The Morgan fingerprint density at radius 1 is 1.29 bits per heavy atom. The van der Waals surface area contributed by atoms with E-state index in [9.17, 15) is 0 Å². The number of nitrogens with zero attached hydrogens (tertiary/aromatic N) is 4. The van der Waals surface area contributed by atoms with Crippen LogP contribution in [0.25, 0.3) is 0 Å². The van der Waals surface area contributed by atoms with Crippen LogP contribution in [-0.2, 0) is 13.6 Å². The molecule has 0 aliphatic heterocycles. The van der Waals surface area contributed by atoms with Crippen molar-refractivity contribution in [1.82, 2.24) is 24.5 Å². The molecule has 6 nitrogen and oxygen atoms in total. The van der Waals surface area contributed by atoms with Crippen LogP contribution >= 0.6 is 0 Å². The SMILES string of the molecule is CCCn1ccnc1C(NN)c1nccn1C. The van der Waals surface area contributed by atoms with Crippen LogP contribution in [-0.4, -0.2) is 19.1 Å². The summed E-state index contributed by atoms with van der Waals surface area (Å²) in [6.45, 7) is 3.06. The molecule has 0 aliphatic carbocycles. The number of hydrazine groups is 1. The van der Waals surface area contributed by atoms with Gasteiger partial charge in [0.05, 0.1) is 0 Å². The highest BCUT2D eigenvalue weighted by molar-refractivity contribution is 5.12. The third-order valence-corrected chi connectivity index (χ3v) is 2.75. The van der Waals surface area contributed by atoms with Crippen LogP contribution in [0.15, 0.2) is 24.8 Å².